The Morgan fingerprint density at radius 2 is 1.96 bits per heavy atom. The Kier molecular flexibility index (Phi) is 6.09. The molecule has 0 fully saturated rings. The van der Waals surface area contributed by atoms with Crippen molar-refractivity contribution >= 4 is 17.5 Å². The molecule has 0 saturated carbocycles. The van der Waals surface area contributed by atoms with Gasteiger partial charge in [-0.1, -0.05) is 25.5 Å². The summed E-state index contributed by atoms with van der Waals surface area (Å²) in [6.45, 7) is 7.55. The van der Waals surface area contributed by atoms with Crippen LogP contribution in [0.5, 0.6) is 0 Å². The van der Waals surface area contributed by atoms with E-state index in [0.717, 1.165) is 30.6 Å². The van der Waals surface area contributed by atoms with Crippen LogP contribution in [0.15, 0.2) is 36.7 Å². The molecule has 1 N–H and O–H groups in total. The summed E-state index contributed by atoms with van der Waals surface area (Å²) in [7, 11) is 0. The predicted molar refractivity (Wildman–Crippen MR) is 94.0 cm³/mol. The number of carbonyl (C=O) groups is 1. The number of hydrogen-bond donors (Lipinski definition) is 1. The van der Waals surface area contributed by atoms with Crippen molar-refractivity contribution in [3.63, 3.8) is 0 Å². The number of unbranched alkanes of at least 4 members (excludes halogenated alkanes) is 1. The molecular weight excluding hydrogens is 288 g/mol. The molecule has 23 heavy (non-hydrogen) atoms. The topological polar surface area (TPSA) is 58.1 Å². The quantitative estimate of drug-likeness (QED) is 0.793. The van der Waals surface area contributed by atoms with Crippen LogP contribution in [-0.2, 0) is 0 Å². The molecule has 5 nitrogen and oxygen atoms in total. The van der Waals surface area contributed by atoms with Crippen LogP contribution in [0.4, 0.5) is 11.6 Å². The number of carbonyl (C=O) groups excluding carboxylic acids is 1. The van der Waals surface area contributed by atoms with Crippen LogP contribution in [0.2, 0.25) is 0 Å². The van der Waals surface area contributed by atoms with Crippen LogP contribution < -0.4 is 10.2 Å². The molecule has 122 valence electrons. The third-order valence-corrected chi connectivity index (χ3v) is 3.59. The summed E-state index contributed by atoms with van der Waals surface area (Å²) in [5.41, 5.74) is 2.51. The average molecular weight is 312 g/mol. The average Bonchev–Trinajstić information content (AvgIpc) is 2.56. The molecule has 0 aliphatic heterocycles. The first-order valence-electron chi connectivity index (χ1n) is 8.10. The van der Waals surface area contributed by atoms with E-state index in [-0.39, 0.29) is 5.91 Å². The second kappa shape index (κ2) is 8.27. The first-order chi connectivity index (χ1) is 11.2. The summed E-state index contributed by atoms with van der Waals surface area (Å²) in [5.74, 6) is 0.479. The third-order valence-electron chi connectivity index (χ3n) is 3.59. The first kappa shape index (κ1) is 16.9. The van der Waals surface area contributed by atoms with Crippen LogP contribution in [0.25, 0.3) is 0 Å². The molecule has 0 unspecified atom stereocenters. The monoisotopic (exact) mass is 312 g/mol. The number of nitrogens with zero attached hydrogens (tertiary/aromatic N) is 3. The van der Waals surface area contributed by atoms with Gasteiger partial charge in [-0.15, -0.1) is 0 Å². The van der Waals surface area contributed by atoms with Crippen LogP contribution in [-0.4, -0.2) is 29.0 Å². The number of aromatic nitrogens is 2. The second-order valence-electron chi connectivity index (χ2n) is 5.46. The lowest BCUT2D eigenvalue weighted by atomic mass is 10.2. The molecule has 5 heteroatoms. The van der Waals surface area contributed by atoms with Crippen molar-refractivity contribution in [1.29, 1.82) is 0 Å². The van der Waals surface area contributed by atoms with Gasteiger partial charge in [-0.05, 0) is 38.0 Å². The van der Waals surface area contributed by atoms with Crippen molar-refractivity contribution < 1.29 is 4.79 Å². The van der Waals surface area contributed by atoms with E-state index in [1.165, 1.54) is 0 Å². The highest BCUT2D eigenvalue weighted by molar-refractivity contribution is 6.05. The lowest BCUT2D eigenvalue weighted by Crippen LogP contribution is -2.30. The molecule has 0 bridgehead atoms. The number of benzene rings is 1. The minimum absolute atomic E-state index is 0.0850. The number of hydrogen-bond acceptors (Lipinski definition) is 4. The van der Waals surface area contributed by atoms with E-state index in [2.05, 4.69) is 22.2 Å². The molecule has 1 heterocycles. The lowest BCUT2D eigenvalue weighted by molar-refractivity contribution is 0.0987. The zero-order valence-electron chi connectivity index (χ0n) is 14.0. The molecule has 2 aromatic rings. The third kappa shape index (κ3) is 4.52. The van der Waals surface area contributed by atoms with Crippen molar-refractivity contribution in [2.45, 2.75) is 33.6 Å². The van der Waals surface area contributed by atoms with Crippen LogP contribution in [0.1, 0.15) is 42.6 Å². The Hall–Kier alpha value is -2.43. The maximum Gasteiger partial charge on any atom is 0.261 e. The van der Waals surface area contributed by atoms with E-state index >= 15 is 0 Å². The van der Waals surface area contributed by atoms with Gasteiger partial charge >= 0.3 is 0 Å². The summed E-state index contributed by atoms with van der Waals surface area (Å²) < 4.78 is 0. The summed E-state index contributed by atoms with van der Waals surface area (Å²) in [4.78, 5) is 22.9. The normalized spacial score (nSPS) is 10.4. The van der Waals surface area contributed by atoms with Gasteiger partial charge in [0.1, 0.15) is 0 Å². The van der Waals surface area contributed by atoms with Crippen molar-refractivity contribution in [2.75, 3.05) is 23.3 Å². The van der Waals surface area contributed by atoms with E-state index in [1.807, 2.05) is 38.1 Å². The molecule has 0 aliphatic rings. The molecule has 1 amide bonds. The van der Waals surface area contributed by atoms with Gasteiger partial charge in [0.2, 0.25) is 5.95 Å². The molecule has 0 spiro atoms. The van der Waals surface area contributed by atoms with Gasteiger partial charge in [-0.2, -0.15) is 0 Å². The highest BCUT2D eigenvalue weighted by atomic mass is 16.2. The molecular formula is C18H24N4O. The van der Waals surface area contributed by atoms with Gasteiger partial charge in [-0.3, -0.25) is 4.79 Å². The number of rotatable bonds is 7. The maximum atomic E-state index is 12.7. The first-order valence-corrected chi connectivity index (χ1v) is 8.10. The Balaban J connectivity index is 2.11. The molecule has 0 saturated heterocycles. The van der Waals surface area contributed by atoms with Gasteiger partial charge in [-0.25, -0.2) is 9.97 Å². The van der Waals surface area contributed by atoms with E-state index in [0.29, 0.717) is 18.1 Å². The van der Waals surface area contributed by atoms with Gasteiger partial charge in [0.05, 0.1) is 5.56 Å². The molecule has 1 aromatic carbocycles. The van der Waals surface area contributed by atoms with E-state index in [4.69, 9.17) is 0 Å². The zero-order valence-corrected chi connectivity index (χ0v) is 14.0. The zero-order chi connectivity index (χ0) is 16.7. The van der Waals surface area contributed by atoms with Gasteiger partial charge in [0, 0.05) is 31.2 Å². The van der Waals surface area contributed by atoms with Crippen molar-refractivity contribution in [2.24, 2.45) is 0 Å². The number of amides is 1. The van der Waals surface area contributed by atoms with E-state index in [1.54, 1.807) is 17.3 Å². The standard InChI is InChI=1S/C18H24N4O/c1-4-6-10-19-18-20-12-15(13-21-18)17(23)22(5-2)16-9-7-8-14(3)11-16/h7-9,11-13H,4-6,10H2,1-3H3,(H,19,20,21). The Morgan fingerprint density at radius 1 is 1.22 bits per heavy atom. The maximum absolute atomic E-state index is 12.7. The van der Waals surface area contributed by atoms with Crippen LogP contribution in [0, 0.1) is 6.92 Å². The van der Waals surface area contributed by atoms with Gasteiger partial charge in [0.15, 0.2) is 0 Å². The Bertz CT molecular complexity index is 640. The fourth-order valence-corrected chi connectivity index (χ4v) is 2.30. The SMILES string of the molecule is CCCCNc1ncc(C(=O)N(CC)c2cccc(C)c2)cn1. The second-order valence-corrected chi connectivity index (χ2v) is 5.46. The molecule has 0 radical (unpaired) electrons. The van der Waals surface area contributed by atoms with Crippen molar-refractivity contribution in [1.82, 2.24) is 9.97 Å². The minimum atomic E-state index is -0.0850. The highest BCUT2D eigenvalue weighted by Crippen LogP contribution is 2.18. The fourth-order valence-electron chi connectivity index (χ4n) is 2.30. The smallest absolute Gasteiger partial charge is 0.261 e. The van der Waals surface area contributed by atoms with Crippen LogP contribution in [0.3, 0.4) is 0 Å². The summed E-state index contributed by atoms with van der Waals surface area (Å²) >= 11 is 0. The van der Waals surface area contributed by atoms with E-state index in [9.17, 15) is 4.79 Å². The predicted octanol–water partition coefficient (Wildman–Crippen LogP) is 3.66. The van der Waals surface area contributed by atoms with Crippen LogP contribution >= 0.6 is 0 Å². The molecule has 1 aromatic heterocycles. The Labute approximate surface area is 137 Å². The van der Waals surface area contributed by atoms with Crippen molar-refractivity contribution in [3.8, 4) is 0 Å². The summed E-state index contributed by atoms with van der Waals surface area (Å²) in [6, 6.07) is 7.92. The fraction of sp³-hybridized carbons (Fsp3) is 0.389. The van der Waals surface area contributed by atoms with Crippen molar-refractivity contribution in [3.05, 3.63) is 47.8 Å². The minimum Gasteiger partial charge on any atom is -0.354 e. The number of anilines is 2. The van der Waals surface area contributed by atoms with Gasteiger partial charge in [0.25, 0.3) is 5.91 Å². The molecule has 2 rings (SSSR count). The highest BCUT2D eigenvalue weighted by Gasteiger charge is 2.17. The largest absolute Gasteiger partial charge is 0.354 e. The number of aryl methyl sites for hydroxylation is 1. The Morgan fingerprint density at radius 3 is 2.57 bits per heavy atom. The summed E-state index contributed by atoms with van der Waals surface area (Å²) in [6.07, 6.45) is 5.36. The molecule has 0 atom stereocenters. The van der Waals surface area contributed by atoms with Gasteiger partial charge < -0.3 is 10.2 Å². The number of nitrogens with one attached hydrogen (secondary N) is 1. The summed E-state index contributed by atoms with van der Waals surface area (Å²) in [5, 5.41) is 3.15. The van der Waals surface area contributed by atoms with E-state index < -0.39 is 0 Å². The molecule has 0 aliphatic carbocycles. The lowest BCUT2D eigenvalue weighted by Gasteiger charge is -2.21.